The molecule has 1 aliphatic carbocycles. The number of nitrogens with zero attached hydrogens (tertiary/aromatic N) is 1. The Morgan fingerprint density at radius 1 is 1.11 bits per heavy atom. The van der Waals surface area contributed by atoms with Crippen molar-refractivity contribution in [3.05, 3.63) is 70.7 Å². The van der Waals surface area contributed by atoms with E-state index in [9.17, 15) is 9.18 Å². The molecule has 0 radical (unpaired) electrons. The number of pyridine rings is 1. The van der Waals surface area contributed by atoms with Crippen molar-refractivity contribution < 1.29 is 18.7 Å². The number of hydrogen-bond acceptors (Lipinski definition) is 4. The lowest BCUT2D eigenvalue weighted by Crippen LogP contribution is -2.12. The number of ether oxygens (including phenoxy) is 2. The van der Waals surface area contributed by atoms with Crippen LogP contribution in [-0.4, -0.2) is 18.1 Å². The maximum Gasteiger partial charge on any atom is 0.339 e. The first kappa shape index (κ1) is 18.4. The van der Waals surface area contributed by atoms with E-state index in [-0.39, 0.29) is 18.3 Å². The van der Waals surface area contributed by atoms with Crippen molar-refractivity contribution in [1.82, 2.24) is 4.98 Å². The summed E-state index contributed by atoms with van der Waals surface area (Å²) in [5.74, 6) is -0.687. The number of carbonyl (C=O) groups excluding carboxylic acids is 1. The van der Waals surface area contributed by atoms with Crippen molar-refractivity contribution in [2.24, 2.45) is 0 Å². The second kappa shape index (κ2) is 7.97. The molecule has 0 saturated heterocycles. The minimum Gasteiger partial charge on any atom is -0.494 e. The van der Waals surface area contributed by atoms with Gasteiger partial charge in [-0.05, 0) is 55.0 Å². The fraction of sp³-hybridized carbons (Fsp3) is 0.304. The molecule has 28 heavy (non-hydrogen) atoms. The van der Waals surface area contributed by atoms with E-state index in [1.165, 1.54) is 19.2 Å². The molecule has 0 unspecified atom stereocenters. The minimum absolute atomic E-state index is 0.00513. The lowest BCUT2D eigenvalue weighted by Gasteiger charge is -2.15. The highest BCUT2D eigenvalue weighted by Gasteiger charge is 2.23. The van der Waals surface area contributed by atoms with Crippen LogP contribution in [0.3, 0.4) is 0 Å². The summed E-state index contributed by atoms with van der Waals surface area (Å²) in [5.41, 5.74) is 4.00. The van der Waals surface area contributed by atoms with Gasteiger partial charge in [0.2, 0.25) is 0 Å². The zero-order valence-electron chi connectivity index (χ0n) is 15.8. The van der Waals surface area contributed by atoms with Crippen molar-refractivity contribution in [1.29, 1.82) is 0 Å². The second-order valence-electron chi connectivity index (χ2n) is 7.03. The first-order valence-corrected chi connectivity index (χ1v) is 9.57. The number of benzene rings is 2. The fourth-order valence-electron chi connectivity index (χ4n) is 3.80. The van der Waals surface area contributed by atoms with Gasteiger partial charge in [0, 0.05) is 11.1 Å². The molecule has 1 heterocycles. The first-order chi connectivity index (χ1) is 13.7. The third kappa shape index (κ3) is 3.57. The molecular formula is C23H22FNO3. The average Bonchev–Trinajstić information content (AvgIpc) is 2.95. The predicted molar refractivity (Wildman–Crippen MR) is 105 cm³/mol. The molecule has 0 atom stereocenters. The van der Waals surface area contributed by atoms with Crippen molar-refractivity contribution in [3.63, 3.8) is 0 Å². The highest BCUT2D eigenvalue weighted by molar-refractivity contribution is 6.05. The highest BCUT2D eigenvalue weighted by atomic mass is 19.1. The minimum atomic E-state index is -0.473. The molecule has 0 fully saturated rings. The summed E-state index contributed by atoms with van der Waals surface area (Å²) in [5, 5.41) is 0.814. The van der Waals surface area contributed by atoms with Gasteiger partial charge in [0.05, 0.1) is 18.2 Å². The zero-order valence-corrected chi connectivity index (χ0v) is 15.8. The van der Waals surface area contributed by atoms with Crippen LogP contribution in [0, 0.1) is 5.82 Å². The predicted octanol–water partition coefficient (Wildman–Crippen LogP) is 5.01. The van der Waals surface area contributed by atoms with Crippen LogP contribution in [0.4, 0.5) is 4.39 Å². The van der Waals surface area contributed by atoms with E-state index >= 15 is 0 Å². The summed E-state index contributed by atoms with van der Waals surface area (Å²) in [4.78, 5) is 17.9. The van der Waals surface area contributed by atoms with Gasteiger partial charge in [-0.15, -0.1) is 0 Å². The highest BCUT2D eigenvalue weighted by Crippen LogP contribution is 2.29. The Morgan fingerprint density at radius 3 is 2.75 bits per heavy atom. The molecule has 0 spiro atoms. The molecule has 3 aromatic rings. The molecule has 1 aliphatic rings. The summed E-state index contributed by atoms with van der Waals surface area (Å²) < 4.78 is 24.4. The Hall–Kier alpha value is -2.95. The molecule has 0 amide bonds. The second-order valence-corrected chi connectivity index (χ2v) is 7.03. The lowest BCUT2D eigenvalue weighted by molar-refractivity contribution is 0.0473. The Labute approximate surface area is 163 Å². The number of esters is 1. The SMILES string of the molecule is COc1ccc(COC(=O)c2c3c(nc4ccccc24)CCCCC3)cc1F. The van der Waals surface area contributed by atoms with Crippen molar-refractivity contribution in [2.75, 3.05) is 7.11 Å². The van der Waals surface area contributed by atoms with Gasteiger partial charge < -0.3 is 9.47 Å². The van der Waals surface area contributed by atoms with Crippen molar-refractivity contribution in [2.45, 2.75) is 38.7 Å². The molecule has 144 valence electrons. The molecule has 1 aromatic heterocycles. The van der Waals surface area contributed by atoms with Gasteiger partial charge >= 0.3 is 5.97 Å². The number of carbonyl (C=O) groups is 1. The maximum absolute atomic E-state index is 13.9. The number of hydrogen-bond donors (Lipinski definition) is 0. The quantitative estimate of drug-likeness (QED) is 0.472. The Balaban J connectivity index is 1.66. The van der Waals surface area contributed by atoms with Crippen LogP contribution < -0.4 is 4.74 Å². The monoisotopic (exact) mass is 379 g/mol. The average molecular weight is 379 g/mol. The summed E-state index contributed by atoms with van der Waals surface area (Å²) >= 11 is 0. The molecule has 0 bridgehead atoms. The van der Waals surface area contributed by atoms with Gasteiger partial charge in [0.15, 0.2) is 11.6 Å². The molecule has 4 nitrogen and oxygen atoms in total. The normalized spacial score (nSPS) is 13.6. The number of fused-ring (bicyclic) bond motifs is 2. The molecule has 0 aliphatic heterocycles. The summed E-state index contributed by atoms with van der Waals surface area (Å²) in [6.07, 6.45) is 4.96. The van der Waals surface area contributed by atoms with E-state index in [1.54, 1.807) is 6.07 Å². The smallest absolute Gasteiger partial charge is 0.339 e. The van der Waals surface area contributed by atoms with Gasteiger partial charge in [-0.25, -0.2) is 9.18 Å². The molecular weight excluding hydrogens is 357 g/mol. The number of rotatable bonds is 4. The Morgan fingerprint density at radius 2 is 1.93 bits per heavy atom. The van der Waals surface area contributed by atoms with Gasteiger partial charge in [-0.3, -0.25) is 4.98 Å². The number of para-hydroxylation sites is 1. The van der Waals surface area contributed by atoms with E-state index in [1.807, 2.05) is 24.3 Å². The zero-order chi connectivity index (χ0) is 19.5. The van der Waals surface area contributed by atoms with Crippen LogP contribution in [0.5, 0.6) is 5.75 Å². The van der Waals surface area contributed by atoms with Crippen molar-refractivity contribution >= 4 is 16.9 Å². The van der Waals surface area contributed by atoms with Crippen LogP contribution in [0.15, 0.2) is 42.5 Å². The molecule has 0 N–H and O–H groups in total. The summed E-state index contributed by atoms with van der Waals surface area (Å²) in [6.45, 7) is 0.00513. The summed E-state index contributed by atoms with van der Waals surface area (Å²) in [7, 11) is 1.42. The van der Waals surface area contributed by atoms with E-state index in [2.05, 4.69) is 0 Å². The van der Waals surface area contributed by atoms with Gasteiger partial charge in [-0.1, -0.05) is 30.7 Å². The van der Waals surface area contributed by atoms with Gasteiger partial charge in [0.25, 0.3) is 0 Å². The third-order valence-corrected chi connectivity index (χ3v) is 5.21. The largest absolute Gasteiger partial charge is 0.494 e. The van der Waals surface area contributed by atoms with Crippen LogP contribution in [-0.2, 0) is 24.2 Å². The summed E-state index contributed by atoms with van der Waals surface area (Å²) in [6, 6.07) is 12.2. The van der Waals surface area contributed by atoms with E-state index in [4.69, 9.17) is 14.5 Å². The number of aryl methyl sites for hydroxylation is 1. The van der Waals surface area contributed by atoms with Crippen LogP contribution in [0.1, 0.15) is 46.4 Å². The van der Waals surface area contributed by atoms with Gasteiger partial charge in [0.1, 0.15) is 6.61 Å². The third-order valence-electron chi connectivity index (χ3n) is 5.21. The van der Waals surface area contributed by atoms with Crippen molar-refractivity contribution in [3.8, 4) is 5.75 Å². The Bertz CT molecular complexity index is 1030. The van der Waals surface area contributed by atoms with Crippen LogP contribution in [0.25, 0.3) is 10.9 Å². The number of halogens is 1. The molecule has 2 aromatic carbocycles. The Kier molecular flexibility index (Phi) is 5.24. The van der Waals surface area contributed by atoms with E-state index in [0.717, 1.165) is 54.3 Å². The van der Waals surface area contributed by atoms with Gasteiger partial charge in [-0.2, -0.15) is 0 Å². The fourth-order valence-corrected chi connectivity index (χ4v) is 3.80. The first-order valence-electron chi connectivity index (χ1n) is 9.57. The molecule has 0 saturated carbocycles. The standard InChI is InChI=1S/C23H22FNO3/c1-27-21-12-11-15(13-18(21)24)14-28-23(26)22-16-7-3-2-4-9-19(16)25-20-10-6-5-8-17(20)22/h5-6,8,10-13H,2-4,7,9,14H2,1H3. The maximum atomic E-state index is 13.9. The lowest BCUT2D eigenvalue weighted by atomic mass is 9.97. The molecule has 4 rings (SSSR count). The topological polar surface area (TPSA) is 48.4 Å². The van der Waals surface area contributed by atoms with Crippen LogP contribution in [0.2, 0.25) is 0 Å². The van der Waals surface area contributed by atoms with E-state index < -0.39 is 5.82 Å². The number of methoxy groups -OCH3 is 1. The van der Waals surface area contributed by atoms with E-state index in [0.29, 0.717) is 11.1 Å². The van der Waals surface area contributed by atoms with Crippen LogP contribution >= 0.6 is 0 Å². The molecule has 5 heteroatoms. The number of aromatic nitrogens is 1.